The Morgan fingerprint density at radius 1 is 1.25 bits per heavy atom. The lowest BCUT2D eigenvalue weighted by Gasteiger charge is -2.39. The van der Waals surface area contributed by atoms with Gasteiger partial charge in [-0.2, -0.15) is 0 Å². The molecule has 0 aromatic rings. The van der Waals surface area contributed by atoms with Gasteiger partial charge in [-0.3, -0.25) is 4.79 Å². The van der Waals surface area contributed by atoms with Crippen LogP contribution in [-0.2, 0) is 4.79 Å². The molecule has 0 aliphatic heterocycles. The first kappa shape index (κ1) is 11.4. The van der Waals surface area contributed by atoms with Gasteiger partial charge in [0.2, 0.25) is 0 Å². The Bertz CT molecular complexity index is 173. The normalized spacial score (nSPS) is 13.1. The van der Waals surface area contributed by atoms with Gasteiger partial charge in [0, 0.05) is 0 Å². The summed E-state index contributed by atoms with van der Waals surface area (Å²) < 4.78 is 0. The summed E-state index contributed by atoms with van der Waals surface area (Å²) in [6, 6.07) is 0. The van der Waals surface area contributed by atoms with Gasteiger partial charge in [-0.25, -0.2) is 0 Å². The molecule has 3 nitrogen and oxygen atoms in total. The van der Waals surface area contributed by atoms with Crippen LogP contribution in [-0.4, -0.2) is 17.6 Å². The van der Waals surface area contributed by atoms with E-state index in [0.29, 0.717) is 6.54 Å². The quantitative estimate of drug-likeness (QED) is 0.676. The summed E-state index contributed by atoms with van der Waals surface area (Å²) in [6.07, 6.45) is 0.164. The molecule has 0 spiro atoms. The summed E-state index contributed by atoms with van der Waals surface area (Å²) in [7, 11) is 0. The summed E-state index contributed by atoms with van der Waals surface area (Å²) in [4.78, 5) is 10.5. The zero-order valence-electron chi connectivity index (χ0n) is 8.35. The van der Waals surface area contributed by atoms with Crippen LogP contribution in [0.3, 0.4) is 0 Å². The lowest BCUT2D eigenvalue weighted by Crippen LogP contribution is -2.40. The Morgan fingerprint density at radius 2 is 1.67 bits per heavy atom. The first-order valence-corrected chi connectivity index (χ1v) is 4.15. The second kappa shape index (κ2) is 3.44. The van der Waals surface area contributed by atoms with E-state index in [4.69, 9.17) is 10.8 Å². The molecule has 0 radical (unpaired) electrons. The number of hydrogen-bond donors (Lipinski definition) is 2. The SMILES string of the molecule is CC(C)(CN)C(C)(C)CC(=O)O. The van der Waals surface area contributed by atoms with E-state index in [1.165, 1.54) is 0 Å². The van der Waals surface area contributed by atoms with Crippen LogP contribution in [0.15, 0.2) is 0 Å². The Balaban J connectivity index is 4.48. The molecule has 12 heavy (non-hydrogen) atoms. The van der Waals surface area contributed by atoms with Gasteiger partial charge < -0.3 is 10.8 Å². The van der Waals surface area contributed by atoms with Crippen LogP contribution in [0, 0.1) is 10.8 Å². The van der Waals surface area contributed by atoms with E-state index in [1.54, 1.807) is 0 Å². The third-order valence-corrected chi connectivity index (χ3v) is 2.94. The maximum Gasteiger partial charge on any atom is 0.303 e. The molecule has 72 valence electrons. The van der Waals surface area contributed by atoms with Crippen LogP contribution >= 0.6 is 0 Å². The van der Waals surface area contributed by atoms with E-state index >= 15 is 0 Å². The molecular formula is C9H19NO2. The minimum Gasteiger partial charge on any atom is -0.481 e. The number of hydrogen-bond acceptors (Lipinski definition) is 2. The van der Waals surface area contributed by atoms with Gasteiger partial charge in [0.15, 0.2) is 0 Å². The van der Waals surface area contributed by atoms with Crippen molar-refractivity contribution in [2.24, 2.45) is 16.6 Å². The fourth-order valence-corrected chi connectivity index (χ4v) is 0.894. The first-order valence-electron chi connectivity index (χ1n) is 4.15. The Labute approximate surface area is 74.0 Å². The summed E-state index contributed by atoms with van der Waals surface area (Å²) in [5, 5.41) is 8.67. The van der Waals surface area contributed by atoms with Gasteiger partial charge in [0.1, 0.15) is 0 Å². The van der Waals surface area contributed by atoms with Crippen LogP contribution in [0.2, 0.25) is 0 Å². The van der Waals surface area contributed by atoms with E-state index in [9.17, 15) is 4.79 Å². The number of nitrogens with two attached hydrogens (primary N) is 1. The zero-order valence-corrected chi connectivity index (χ0v) is 8.35. The molecular weight excluding hydrogens is 154 g/mol. The topological polar surface area (TPSA) is 63.3 Å². The van der Waals surface area contributed by atoms with Crippen LogP contribution in [0.4, 0.5) is 0 Å². The van der Waals surface area contributed by atoms with Crippen molar-refractivity contribution in [1.82, 2.24) is 0 Å². The second-order valence-electron chi connectivity index (χ2n) is 4.54. The molecule has 0 atom stereocenters. The van der Waals surface area contributed by atoms with E-state index in [0.717, 1.165) is 0 Å². The fraction of sp³-hybridized carbons (Fsp3) is 0.889. The van der Waals surface area contributed by atoms with E-state index in [1.807, 2.05) is 27.7 Å². The van der Waals surface area contributed by atoms with Crippen molar-refractivity contribution in [2.75, 3.05) is 6.54 Å². The lowest BCUT2D eigenvalue weighted by atomic mass is 9.66. The molecule has 0 saturated carbocycles. The summed E-state index contributed by atoms with van der Waals surface area (Å²) in [6.45, 7) is 8.38. The van der Waals surface area contributed by atoms with Gasteiger partial charge in [-0.05, 0) is 17.4 Å². The molecule has 0 aliphatic carbocycles. The second-order valence-corrected chi connectivity index (χ2v) is 4.54. The Hall–Kier alpha value is -0.570. The highest BCUT2D eigenvalue weighted by atomic mass is 16.4. The van der Waals surface area contributed by atoms with Gasteiger partial charge in [-0.1, -0.05) is 27.7 Å². The minimum absolute atomic E-state index is 0.134. The molecule has 0 aromatic carbocycles. The van der Waals surface area contributed by atoms with Crippen LogP contribution < -0.4 is 5.73 Å². The minimum atomic E-state index is -0.762. The third-order valence-electron chi connectivity index (χ3n) is 2.94. The number of aliphatic carboxylic acids is 1. The highest BCUT2D eigenvalue weighted by Crippen LogP contribution is 2.40. The van der Waals surface area contributed by atoms with Crippen molar-refractivity contribution >= 4 is 5.97 Å². The molecule has 0 aliphatic rings. The predicted molar refractivity (Wildman–Crippen MR) is 48.9 cm³/mol. The fourth-order valence-electron chi connectivity index (χ4n) is 0.894. The Kier molecular flexibility index (Phi) is 3.27. The largest absolute Gasteiger partial charge is 0.481 e. The van der Waals surface area contributed by atoms with E-state index in [-0.39, 0.29) is 17.3 Å². The van der Waals surface area contributed by atoms with Crippen LogP contribution in [0.5, 0.6) is 0 Å². The van der Waals surface area contributed by atoms with Crippen molar-refractivity contribution in [3.05, 3.63) is 0 Å². The molecule has 0 fully saturated rings. The third kappa shape index (κ3) is 2.48. The smallest absolute Gasteiger partial charge is 0.303 e. The molecule has 0 heterocycles. The maximum atomic E-state index is 10.5. The van der Waals surface area contributed by atoms with Crippen molar-refractivity contribution in [3.63, 3.8) is 0 Å². The molecule has 0 unspecified atom stereocenters. The van der Waals surface area contributed by atoms with Gasteiger partial charge in [0.25, 0.3) is 0 Å². The molecule has 0 amide bonds. The average molecular weight is 173 g/mol. The number of carboxylic acid groups (broad SMARTS) is 1. The van der Waals surface area contributed by atoms with E-state index < -0.39 is 5.97 Å². The van der Waals surface area contributed by atoms with E-state index in [2.05, 4.69) is 0 Å². The van der Waals surface area contributed by atoms with Crippen molar-refractivity contribution in [3.8, 4) is 0 Å². The molecule has 0 rings (SSSR count). The van der Waals surface area contributed by atoms with Crippen molar-refractivity contribution < 1.29 is 9.90 Å². The Morgan fingerprint density at radius 3 is 1.92 bits per heavy atom. The van der Waals surface area contributed by atoms with Crippen molar-refractivity contribution in [2.45, 2.75) is 34.1 Å². The average Bonchev–Trinajstić information content (AvgIpc) is 1.84. The van der Waals surface area contributed by atoms with Gasteiger partial charge in [0.05, 0.1) is 6.42 Å². The molecule has 3 heteroatoms. The van der Waals surface area contributed by atoms with Gasteiger partial charge in [-0.15, -0.1) is 0 Å². The maximum absolute atomic E-state index is 10.5. The standard InChI is InChI=1S/C9H19NO2/c1-8(2,5-7(11)12)9(3,4)6-10/h5-6,10H2,1-4H3,(H,11,12). The van der Waals surface area contributed by atoms with Crippen LogP contribution in [0.25, 0.3) is 0 Å². The number of carboxylic acids is 1. The number of carbonyl (C=O) groups is 1. The predicted octanol–water partition coefficient (Wildman–Crippen LogP) is 1.47. The monoisotopic (exact) mass is 173 g/mol. The summed E-state index contributed by atoms with van der Waals surface area (Å²) >= 11 is 0. The lowest BCUT2D eigenvalue weighted by molar-refractivity contribution is -0.141. The molecule has 0 bridgehead atoms. The van der Waals surface area contributed by atoms with Crippen LogP contribution in [0.1, 0.15) is 34.1 Å². The molecule has 0 aromatic heterocycles. The van der Waals surface area contributed by atoms with Gasteiger partial charge >= 0.3 is 5.97 Å². The number of rotatable bonds is 4. The first-order chi connectivity index (χ1) is 5.23. The van der Waals surface area contributed by atoms with Crippen molar-refractivity contribution in [1.29, 1.82) is 0 Å². The summed E-state index contributed by atoms with van der Waals surface area (Å²) in [5.41, 5.74) is 5.19. The molecule has 3 N–H and O–H groups in total. The highest BCUT2D eigenvalue weighted by Gasteiger charge is 2.37. The zero-order chi connectivity index (χ0) is 9.99. The summed E-state index contributed by atoms with van der Waals surface area (Å²) in [5.74, 6) is -0.762. The molecule has 0 saturated heterocycles. The highest BCUT2D eigenvalue weighted by molar-refractivity contribution is 5.67.